The number of hydrogen-bond donors (Lipinski definition) is 2. The van der Waals surface area contributed by atoms with Crippen molar-refractivity contribution in [2.75, 3.05) is 11.1 Å². The van der Waals surface area contributed by atoms with Gasteiger partial charge in [0.05, 0.1) is 11.9 Å². The van der Waals surface area contributed by atoms with Gasteiger partial charge in [-0.25, -0.2) is 4.98 Å². The van der Waals surface area contributed by atoms with Crippen molar-refractivity contribution >= 4 is 28.1 Å². The molecule has 0 aliphatic carbocycles. The van der Waals surface area contributed by atoms with Crippen molar-refractivity contribution < 1.29 is 4.79 Å². The number of thiazole rings is 1. The Hall–Kier alpha value is -1.95. The number of rotatable bonds is 2. The van der Waals surface area contributed by atoms with Gasteiger partial charge in [0, 0.05) is 11.6 Å². The molecule has 0 bridgehead atoms. The molecule has 6 heteroatoms. The molecule has 0 fully saturated rings. The van der Waals surface area contributed by atoms with Crippen molar-refractivity contribution in [1.29, 1.82) is 0 Å². The van der Waals surface area contributed by atoms with E-state index in [2.05, 4.69) is 15.3 Å². The van der Waals surface area contributed by atoms with Crippen molar-refractivity contribution in [1.82, 2.24) is 9.97 Å². The van der Waals surface area contributed by atoms with E-state index >= 15 is 0 Å². The van der Waals surface area contributed by atoms with Crippen molar-refractivity contribution in [3.8, 4) is 0 Å². The predicted octanol–water partition coefficient (Wildman–Crippen LogP) is 1.37. The van der Waals surface area contributed by atoms with E-state index in [0.717, 1.165) is 0 Å². The van der Waals surface area contributed by atoms with Crippen molar-refractivity contribution in [3.63, 3.8) is 0 Å². The Balaban J connectivity index is 2.11. The molecule has 2 aromatic heterocycles. The van der Waals surface area contributed by atoms with Crippen molar-refractivity contribution in [3.05, 3.63) is 35.6 Å². The highest BCUT2D eigenvalue weighted by molar-refractivity contribution is 7.13. The number of pyridine rings is 1. The number of anilines is 2. The first-order chi connectivity index (χ1) is 7.25. The molecule has 0 spiro atoms. The number of nitrogens with one attached hydrogen (secondary N) is 1. The lowest BCUT2D eigenvalue weighted by atomic mass is 10.4. The lowest BCUT2D eigenvalue weighted by molar-refractivity contribution is 0.102. The number of carbonyl (C=O) groups excluding carboxylic acids is 1. The Bertz CT molecular complexity index is 468. The van der Waals surface area contributed by atoms with Gasteiger partial charge in [-0.15, -0.1) is 11.3 Å². The summed E-state index contributed by atoms with van der Waals surface area (Å²) in [7, 11) is 0. The molecule has 0 saturated heterocycles. The lowest BCUT2D eigenvalue weighted by Crippen LogP contribution is -2.12. The first-order valence-corrected chi connectivity index (χ1v) is 5.06. The molecule has 0 aliphatic rings. The molecule has 76 valence electrons. The highest BCUT2D eigenvalue weighted by atomic mass is 32.1. The Morgan fingerprint density at radius 3 is 3.00 bits per heavy atom. The van der Waals surface area contributed by atoms with Gasteiger partial charge in [-0.3, -0.25) is 9.78 Å². The summed E-state index contributed by atoms with van der Waals surface area (Å²) in [6.45, 7) is 0. The van der Waals surface area contributed by atoms with Gasteiger partial charge < -0.3 is 11.1 Å². The largest absolute Gasteiger partial charge is 0.375 e. The van der Waals surface area contributed by atoms with E-state index in [9.17, 15) is 4.79 Å². The van der Waals surface area contributed by atoms with Crippen LogP contribution in [0.4, 0.5) is 10.8 Å². The quantitative estimate of drug-likeness (QED) is 0.801. The molecule has 0 aromatic carbocycles. The molecular weight excluding hydrogens is 212 g/mol. The smallest absolute Gasteiger partial charge is 0.275 e. The molecular formula is C9H8N4OS. The summed E-state index contributed by atoms with van der Waals surface area (Å²) in [6, 6.07) is 3.49. The fourth-order valence-corrected chi connectivity index (χ4v) is 1.57. The normalized spacial score (nSPS) is 9.87. The number of carbonyl (C=O) groups is 1. The molecule has 15 heavy (non-hydrogen) atoms. The summed E-state index contributed by atoms with van der Waals surface area (Å²) >= 11 is 1.23. The number of nitrogens with two attached hydrogens (primary N) is 1. The number of hydrogen-bond acceptors (Lipinski definition) is 5. The maximum Gasteiger partial charge on any atom is 0.275 e. The van der Waals surface area contributed by atoms with Crippen LogP contribution in [0.3, 0.4) is 0 Å². The van der Waals surface area contributed by atoms with Crippen molar-refractivity contribution in [2.24, 2.45) is 0 Å². The number of nitrogen functional groups attached to an aromatic ring is 1. The van der Waals surface area contributed by atoms with Crippen LogP contribution in [0.2, 0.25) is 0 Å². The van der Waals surface area contributed by atoms with E-state index < -0.39 is 0 Å². The minimum Gasteiger partial charge on any atom is -0.375 e. The van der Waals surface area contributed by atoms with E-state index in [-0.39, 0.29) is 5.91 Å². The molecule has 0 aliphatic heterocycles. The third kappa shape index (κ3) is 2.29. The minimum atomic E-state index is -0.282. The van der Waals surface area contributed by atoms with Crippen LogP contribution in [0.5, 0.6) is 0 Å². The maximum atomic E-state index is 11.6. The Morgan fingerprint density at radius 2 is 2.40 bits per heavy atom. The van der Waals surface area contributed by atoms with Crippen molar-refractivity contribution in [2.45, 2.75) is 0 Å². The third-order valence-electron chi connectivity index (χ3n) is 1.67. The molecule has 2 rings (SSSR count). The lowest BCUT2D eigenvalue weighted by Gasteiger charge is -2.00. The van der Waals surface area contributed by atoms with Crippen LogP contribution in [0.15, 0.2) is 29.9 Å². The molecule has 2 heterocycles. The molecule has 0 unspecified atom stereocenters. The zero-order valence-corrected chi connectivity index (χ0v) is 8.49. The van der Waals surface area contributed by atoms with Crippen LogP contribution >= 0.6 is 11.3 Å². The fourth-order valence-electron chi connectivity index (χ4n) is 1.02. The highest BCUT2D eigenvalue weighted by Crippen LogP contribution is 2.12. The van der Waals surface area contributed by atoms with E-state index in [1.807, 2.05) is 0 Å². The average molecular weight is 220 g/mol. The van der Waals surface area contributed by atoms with Gasteiger partial charge in [0.1, 0.15) is 5.69 Å². The first-order valence-electron chi connectivity index (χ1n) is 4.18. The molecule has 0 atom stereocenters. The first kappa shape index (κ1) is 9.60. The molecule has 1 amide bonds. The molecule has 0 radical (unpaired) electrons. The zero-order valence-electron chi connectivity index (χ0n) is 7.68. The van der Waals surface area contributed by atoms with Crippen LogP contribution in [-0.2, 0) is 0 Å². The topological polar surface area (TPSA) is 80.9 Å². The molecule has 2 aromatic rings. The van der Waals surface area contributed by atoms with Gasteiger partial charge in [0.15, 0.2) is 5.13 Å². The van der Waals surface area contributed by atoms with Gasteiger partial charge in [-0.1, -0.05) is 0 Å². The van der Waals surface area contributed by atoms with Gasteiger partial charge in [0.25, 0.3) is 5.91 Å². The number of aromatic nitrogens is 2. The van der Waals surface area contributed by atoms with Crippen LogP contribution in [0.1, 0.15) is 10.5 Å². The Kier molecular flexibility index (Phi) is 2.59. The summed E-state index contributed by atoms with van der Waals surface area (Å²) in [5.74, 6) is -0.282. The summed E-state index contributed by atoms with van der Waals surface area (Å²) in [6.07, 6.45) is 3.20. The van der Waals surface area contributed by atoms with Crippen LogP contribution in [0, 0.1) is 0 Å². The van der Waals surface area contributed by atoms with Gasteiger partial charge in [0.2, 0.25) is 0 Å². The monoisotopic (exact) mass is 220 g/mol. The van der Waals surface area contributed by atoms with Crippen LogP contribution < -0.4 is 11.1 Å². The highest BCUT2D eigenvalue weighted by Gasteiger charge is 2.09. The number of nitrogens with zero attached hydrogens (tertiary/aromatic N) is 2. The van der Waals surface area contributed by atoms with Gasteiger partial charge in [-0.2, -0.15) is 0 Å². The predicted molar refractivity (Wildman–Crippen MR) is 58.7 cm³/mol. The van der Waals surface area contributed by atoms with Gasteiger partial charge in [-0.05, 0) is 12.1 Å². The summed E-state index contributed by atoms with van der Waals surface area (Å²) in [5, 5.41) is 4.65. The SMILES string of the molecule is Nc1nc(C(=O)Nc2cccnc2)cs1. The second-order valence-electron chi connectivity index (χ2n) is 2.77. The summed E-state index contributed by atoms with van der Waals surface area (Å²) in [5.41, 5.74) is 6.38. The van der Waals surface area contributed by atoms with E-state index in [1.54, 1.807) is 29.9 Å². The number of amides is 1. The van der Waals surface area contributed by atoms with Crippen LogP contribution in [0.25, 0.3) is 0 Å². The van der Waals surface area contributed by atoms with E-state index in [4.69, 9.17) is 5.73 Å². The summed E-state index contributed by atoms with van der Waals surface area (Å²) in [4.78, 5) is 19.3. The van der Waals surface area contributed by atoms with E-state index in [0.29, 0.717) is 16.5 Å². The molecule has 0 saturated carbocycles. The average Bonchev–Trinajstić information content (AvgIpc) is 2.66. The van der Waals surface area contributed by atoms with E-state index in [1.165, 1.54) is 11.3 Å². The second-order valence-corrected chi connectivity index (χ2v) is 3.66. The third-order valence-corrected chi connectivity index (χ3v) is 2.35. The van der Waals surface area contributed by atoms with Crippen LogP contribution in [-0.4, -0.2) is 15.9 Å². The second kappa shape index (κ2) is 4.05. The Labute approximate surface area is 90.0 Å². The zero-order chi connectivity index (χ0) is 10.7. The maximum absolute atomic E-state index is 11.6. The minimum absolute atomic E-state index is 0.282. The summed E-state index contributed by atoms with van der Waals surface area (Å²) < 4.78 is 0. The standard InChI is InChI=1S/C9H8N4OS/c10-9-13-7(5-15-9)8(14)12-6-2-1-3-11-4-6/h1-5H,(H2,10,13)(H,12,14). The fraction of sp³-hybridized carbons (Fsp3) is 0. The molecule has 3 N–H and O–H groups in total. The molecule has 5 nitrogen and oxygen atoms in total. The van der Waals surface area contributed by atoms with Gasteiger partial charge >= 0.3 is 0 Å². The Morgan fingerprint density at radius 1 is 1.53 bits per heavy atom.